The van der Waals surface area contributed by atoms with Crippen LogP contribution in [0.5, 0.6) is 0 Å². The first kappa shape index (κ1) is 17.7. The van der Waals surface area contributed by atoms with Crippen LogP contribution >= 0.6 is 22.6 Å². The van der Waals surface area contributed by atoms with Gasteiger partial charge in [-0.05, 0) is 63.3 Å². The summed E-state index contributed by atoms with van der Waals surface area (Å²) >= 11 is 1.96. The molecule has 0 heterocycles. The first-order chi connectivity index (χ1) is 9.76. The van der Waals surface area contributed by atoms with Gasteiger partial charge in [-0.15, -0.1) is 0 Å². The van der Waals surface area contributed by atoms with Crippen molar-refractivity contribution in [3.63, 3.8) is 0 Å². The van der Waals surface area contributed by atoms with Crippen LogP contribution in [0.2, 0.25) is 0 Å². The largest absolute Gasteiger partial charge is 0.469 e. The average molecular weight is 401 g/mol. The molecule has 0 aromatic heterocycles. The highest BCUT2D eigenvalue weighted by Gasteiger charge is 2.26. The van der Waals surface area contributed by atoms with Gasteiger partial charge in [0.25, 0.3) is 0 Å². The zero-order chi connectivity index (χ0) is 16.2. The summed E-state index contributed by atoms with van der Waals surface area (Å²) in [5.74, 6) is -1.19. The lowest BCUT2D eigenvalue weighted by molar-refractivity contribution is -0.145. The summed E-state index contributed by atoms with van der Waals surface area (Å²) in [6.07, 6.45) is 0.0535. The number of carbonyl (C=O) groups excluding carboxylic acids is 2. The molecular formula is C16H20INO3. The Morgan fingerprint density at radius 1 is 1.29 bits per heavy atom. The summed E-state index contributed by atoms with van der Waals surface area (Å²) in [5.41, 5.74) is 3.00. The van der Waals surface area contributed by atoms with E-state index in [1.807, 2.05) is 54.6 Å². The van der Waals surface area contributed by atoms with Crippen molar-refractivity contribution in [2.75, 3.05) is 19.1 Å². The maximum Gasteiger partial charge on any atom is 0.314 e. The molecule has 0 aliphatic carbocycles. The van der Waals surface area contributed by atoms with Crippen LogP contribution in [0.4, 0.5) is 5.69 Å². The number of rotatable bonds is 5. The molecule has 0 radical (unpaired) electrons. The fourth-order valence-electron chi connectivity index (χ4n) is 2.06. The number of benzene rings is 1. The molecule has 1 aromatic rings. The maximum atomic E-state index is 12.4. The molecule has 1 aromatic carbocycles. The number of ether oxygens (including phenoxy) is 1. The molecule has 0 saturated carbocycles. The second-order valence-electron chi connectivity index (χ2n) is 5.03. The van der Waals surface area contributed by atoms with E-state index in [9.17, 15) is 9.59 Å². The Morgan fingerprint density at radius 3 is 2.24 bits per heavy atom. The van der Waals surface area contributed by atoms with Crippen LogP contribution in [-0.2, 0) is 14.3 Å². The second kappa shape index (κ2) is 7.59. The zero-order valence-corrected chi connectivity index (χ0v) is 14.9. The number of hydrogen-bond donors (Lipinski definition) is 0. The summed E-state index contributed by atoms with van der Waals surface area (Å²) in [6.45, 7) is 7.72. The molecule has 1 rings (SSSR count). The SMILES string of the molecule is C=C(I)C(CC(=O)N(C)c1cc(C)cc(C)c1)C(=O)OC. The van der Waals surface area contributed by atoms with Gasteiger partial charge in [-0.2, -0.15) is 0 Å². The molecule has 21 heavy (non-hydrogen) atoms. The van der Waals surface area contributed by atoms with Crippen LogP contribution in [0, 0.1) is 19.8 Å². The van der Waals surface area contributed by atoms with Gasteiger partial charge in [0.15, 0.2) is 0 Å². The van der Waals surface area contributed by atoms with Gasteiger partial charge >= 0.3 is 5.97 Å². The third kappa shape index (κ3) is 4.84. The molecule has 0 N–H and O–H groups in total. The summed E-state index contributed by atoms with van der Waals surface area (Å²) < 4.78 is 5.32. The number of carbonyl (C=O) groups is 2. The van der Waals surface area contributed by atoms with Crippen LogP contribution in [0.25, 0.3) is 0 Å². The molecule has 114 valence electrons. The van der Waals surface area contributed by atoms with Gasteiger partial charge in [0.1, 0.15) is 0 Å². The molecule has 0 saturated heterocycles. The van der Waals surface area contributed by atoms with Crippen molar-refractivity contribution < 1.29 is 14.3 Å². The van der Waals surface area contributed by atoms with E-state index >= 15 is 0 Å². The smallest absolute Gasteiger partial charge is 0.314 e. The van der Waals surface area contributed by atoms with Crippen LogP contribution in [-0.4, -0.2) is 26.0 Å². The second-order valence-corrected chi connectivity index (χ2v) is 6.41. The first-order valence-electron chi connectivity index (χ1n) is 6.53. The fraction of sp³-hybridized carbons (Fsp3) is 0.375. The number of hydrogen-bond acceptors (Lipinski definition) is 3. The molecule has 5 heteroatoms. The Kier molecular flexibility index (Phi) is 6.39. The van der Waals surface area contributed by atoms with Crippen molar-refractivity contribution in [2.24, 2.45) is 5.92 Å². The predicted molar refractivity (Wildman–Crippen MR) is 92.6 cm³/mol. The van der Waals surface area contributed by atoms with Gasteiger partial charge < -0.3 is 9.64 Å². The van der Waals surface area contributed by atoms with E-state index in [2.05, 4.69) is 6.58 Å². The summed E-state index contributed by atoms with van der Waals surface area (Å²) in [5, 5.41) is 0. The minimum absolute atomic E-state index is 0.0535. The minimum atomic E-state index is -0.614. The highest BCUT2D eigenvalue weighted by molar-refractivity contribution is 14.1. The molecule has 0 aliphatic rings. The van der Waals surface area contributed by atoms with E-state index in [1.165, 1.54) is 7.11 Å². The van der Waals surface area contributed by atoms with Gasteiger partial charge in [0, 0.05) is 19.2 Å². The van der Waals surface area contributed by atoms with Gasteiger partial charge in [0.05, 0.1) is 13.0 Å². The molecule has 1 amide bonds. The number of methoxy groups -OCH3 is 1. The van der Waals surface area contributed by atoms with Crippen molar-refractivity contribution in [1.82, 2.24) is 0 Å². The number of nitrogens with zero attached hydrogens (tertiary/aromatic N) is 1. The number of anilines is 1. The van der Waals surface area contributed by atoms with E-state index in [1.54, 1.807) is 11.9 Å². The fourth-order valence-corrected chi connectivity index (χ4v) is 2.54. The Balaban J connectivity index is 2.91. The number of esters is 1. The predicted octanol–water partition coefficient (Wildman–Crippen LogP) is 3.39. The zero-order valence-electron chi connectivity index (χ0n) is 12.8. The topological polar surface area (TPSA) is 46.6 Å². The monoisotopic (exact) mass is 401 g/mol. The standard InChI is InChI=1S/C16H20INO3/c1-10-6-11(2)8-13(7-10)18(4)15(19)9-14(12(3)17)16(20)21-5/h6-8,14H,3,9H2,1-2,4-5H3. The van der Waals surface area contributed by atoms with Crippen LogP contribution in [0.1, 0.15) is 17.5 Å². The molecule has 0 spiro atoms. The Hall–Kier alpha value is -1.37. The lowest BCUT2D eigenvalue weighted by atomic mass is 10.0. The van der Waals surface area contributed by atoms with E-state index in [4.69, 9.17) is 4.74 Å². The quantitative estimate of drug-likeness (QED) is 0.562. The Labute approximate surface area is 139 Å². The lowest BCUT2D eigenvalue weighted by Crippen LogP contribution is -2.31. The minimum Gasteiger partial charge on any atom is -0.469 e. The van der Waals surface area contributed by atoms with Gasteiger partial charge in [-0.1, -0.05) is 12.6 Å². The van der Waals surface area contributed by atoms with Crippen LogP contribution < -0.4 is 4.90 Å². The normalized spacial score (nSPS) is 11.7. The summed E-state index contributed by atoms with van der Waals surface area (Å²) in [7, 11) is 3.02. The molecule has 1 atom stereocenters. The summed E-state index contributed by atoms with van der Waals surface area (Å²) in [4.78, 5) is 25.6. The molecule has 0 fully saturated rings. The summed E-state index contributed by atoms with van der Waals surface area (Å²) in [6, 6.07) is 5.93. The van der Waals surface area contributed by atoms with Gasteiger partial charge in [0.2, 0.25) is 5.91 Å². The first-order valence-corrected chi connectivity index (χ1v) is 7.61. The Morgan fingerprint density at radius 2 is 1.81 bits per heavy atom. The molecule has 4 nitrogen and oxygen atoms in total. The average Bonchev–Trinajstić information content (AvgIpc) is 2.41. The molecular weight excluding hydrogens is 381 g/mol. The maximum absolute atomic E-state index is 12.4. The van der Waals surface area contributed by atoms with Gasteiger partial charge in [-0.25, -0.2) is 0 Å². The van der Waals surface area contributed by atoms with Crippen molar-refractivity contribution >= 4 is 40.2 Å². The molecule has 0 bridgehead atoms. The highest BCUT2D eigenvalue weighted by atomic mass is 127. The van der Waals surface area contributed by atoms with Gasteiger partial charge in [-0.3, -0.25) is 9.59 Å². The van der Waals surface area contributed by atoms with E-state index in [0.29, 0.717) is 3.58 Å². The number of aryl methyl sites for hydroxylation is 2. The van der Waals surface area contributed by atoms with Crippen molar-refractivity contribution in [1.29, 1.82) is 0 Å². The van der Waals surface area contributed by atoms with E-state index < -0.39 is 11.9 Å². The third-order valence-electron chi connectivity index (χ3n) is 3.21. The van der Waals surface area contributed by atoms with E-state index in [0.717, 1.165) is 16.8 Å². The lowest BCUT2D eigenvalue weighted by Gasteiger charge is -2.21. The third-order valence-corrected chi connectivity index (χ3v) is 3.96. The van der Waals surface area contributed by atoms with Crippen LogP contribution in [0.3, 0.4) is 0 Å². The molecule has 0 aliphatic heterocycles. The van der Waals surface area contributed by atoms with E-state index in [-0.39, 0.29) is 12.3 Å². The number of amides is 1. The highest BCUT2D eigenvalue weighted by Crippen LogP contribution is 2.24. The van der Waals surface area contributed by atoms with Crippen molar-refractivity contribution in [3.05, 3.63) is 39.5 Å². The van der Waals surface area contributed by atoms with Crippen molar-refractivity contribution in [3.8, 4) is 0 Å². The Bertz CT molecular complexity index is 548. The van der Waals surface area contributed by atoms with Crippen molar-refractivity contribution in [2.45, 2.75) is 20.3 Å². The van der Waals surface area contributed by atoms with Crippen LogP contribution in [0.15, 0.2) is 28.4 Å². The number of halogens is 1. The molecule has 1 unspecified atom stereocenters.